The van der Waals surface area contributed by atoms with E-state index < -0.39 is 0 Å². The lowest BCUT2D eigenvalue weighted by Crippen LogP contribution is -2.26. The second-order valence-electron chi connectivity index (χ2n) is 4.64. The van der Waals surface area contributed by atoms with E-state index in [-0.39, 0.29) is 20.5 Å². The molecule has 1 aliphatic rings. The molecule has 0 aliphatic carbocycles. The zero-order valence-electron chi connectivity index (χ0n) is 10.9. The molecular weight excluding hydrogens is 273 g/mol. The predicted octanol–water partition coefficient (Wildman–Crippen LogP) is 3.55. The van der Waals surface area contributed by atoms with Crippen molar-refractivity contribution in [3.8, 4) is 0 Å². The van der Waals surface area contributed by atoms with Crippen molar-refractivity contribution in [2.24, 2.45) is 0 Å². The number of nitrogens with zero attached hydrogens (tertiary/aromatic N) is 1. The van der Waals surface area contributed by atoms with Crippen molar-refractivity contribution in [3.63, 3.8) is 0 Å². The van der Waals surface area contributed by atoms with Crippen LogP contribution in [0.1, 0.15) is 12.8 Å². The van der Waals surface area contributed by atoms with Gasteiger partial charge in [-0.25, -0.2) is 0 Å². The van der Waals surface area contributed by atoms with Crippen LogP contribution in [-0.4, -0.2) is 17.8 Å². The molecule has 0 saturated carbocycles. The highest BCUT2D eigenvalue weighted by Crippen LogP contribution is 2.40. The van der Waals surface area contributed by atoms with Gasteiger partial charge in [0.15, 0.2) is 0 Å². The molecule has 1 aliphatic heterocycles. The monoisotopic (exact) mass is 291 g/mol. The van der Waals surface area contributed by atoms with Gasteiger partial charge in [0.2, 0.25) is 0 Å². The topological polar surface area (TPSA) is 3.24 Å². The molecule has 0 atom stereocenters. The minimum Gasteiger partial charge on any atom is -0.275 e. The van der Waals surface area contributed by atoms with Crippen LogP contribution in [0.5, 0.6) is 0 Å². The van der Waals surface area contributed by atoms with Crippen molar-refractivity contribution in [2.45, 2.75) is 12.8 Å². The lowest BCUT2D eigenvalue weighted by atomic mass is 10.4. The summed E-state index contributed by atoms with van der Waals surface area (Å²) in [4.78, 5) is 0. The second kappa shape index (κ2) is 7.05. The molecule has 19 heavy (non-hydrogen) atoms. The molecule has 0 spiro atoms. The normalized spacial score (nSPS) is 15.4. The van der Waals surface area contributed by atoms with Crippen LogP contribution < -0.4 is 10.6 Å². The molecule has 1 saturated heterocycles. The molecule has 0 amide bonds. The van der Waals surface area contributed by atoms with Crippen LogP contribution in [0.4, 0.5) is 0 Å². The Kier molecular flexibility index (Phi) is 5.39. The third-order valence-electron chi connectivity index (χ3n) is 3.37. The van der Waals surface area contributed by atoms with Gasteiger partial charge >= 0.3 is 0 Å². The van der Waals surface area contributed by atoms with Crippen LogP contribution >= 0.6 is 20.5 Å². The summed E-state index contributed by atoms with van der Waals surface area (Å²) in [7, 11) is -0.319. The molecule has 0 bridgehead atoms. The summed E-state index contributed by atoms with van der Waals surface area (Å²) in [6, 6.07) is 21.9. The molecule has 100 valence electrons. The van der Waals surface area contributed by atoms with Gasteiger partial charge in [-0.15, -0.1) is 12.4 Å². The number of hydrogen-bond acceptors (Lipinski definition) is 1. The minimum absolute atomic E-state index is 0. The largest absolute Gasteiger partial charge is 0.275 e. The Labute approximate surface area is 122 Å². The maximum atomic E-state index is 2.67. The molecule has 3 heteroatoms. The average molecular weight is 292 g/mol. The molecule has 0 aromatic heterocycles. The van der Waals surface area contributed by atoms with E-state index in [1.54, 1.807) is 0 Å². The van der Waals surface area contributed by atoms with Gasteiger partial charge < -0.3 is 0 Å². The summed E-state index contributed by atoms with van der Waals surface area (Å²) in [6.45, 7) is 2.49. The third-order valence-corrected chi connectivity index (χ3v) is 5.91. The average Bonchev–Trinajstić information content (AvgIpc) is 2.95. The van der Waals surface area contributed by atoms with E-state index in [1.807, 2.05) is 0 Å². The Morgan fingerprint density at radius 3 is 1.53 bits per heavy atom. The Hall–Kier alpha value is -0.880. The highest BCUT2D eigenvalue weighted by Gasteiger charge is 2.24. The molecule has 1 nitrogen and oxygen atoms in total. The van der Waals surface area contributed by atoms with Gasteiger partial charge in [0.05, 0.1) is 0 Å². The van der Waals surface area contributed by atoms with E-state index in [9.17, 15) is 0 Å². The summed E-state index contributed by atoms with van der Waals surface area (Å²) < 4.78 is 2.67. The Morgan fingerprint density at radius 1 is 0.684 bits per heavy atom. The molecule has 0 radical (unpaired) electrons. The first-order valence-corrected chi connectivity index (χ1v) is 7.90. The predicted molar refractivity (Wildman–Crippen MR) is 87.1 cm³/mol. The van der Waals surface area contributed by atoms with Gasteiger partial charge in [-0.3, -0.25) is 4.67 Å². The maximum Gasteiger partial charge on any atom is 0.0281 e. The molecule has 1 fully saturated rings. The quantitative estimate of drug-likeness (QED) is 0.782. The molecule has 0 unspecified atom stereocenters. The first kappa shape index (κ1) is 14.5. The number of halogens is 1. The van der Waals surface area contributed by atoms with Crippen LogP contribution in [0, 0.1) is 0 Å². The fourth-order valence-corrected chi connectivity index (χ4v) is 5.06. The van der Waals surface area contributed by atoms with Crippen LogP contribution in [0.15, 0.2) is 60.7 Å². The Bertz CT molecular complexity index is 443. The van der Waals surface area contributed by atoms with Crippen molar-refractivity contribution >= 4 is 31.1 Å². The highest BCUT2D eigenvalue weighted by atomic mass is 35.5. The van der Waals surface area contributed by atoms with Crippen LogP contribution in [-0.2, 0) is 0 Å². The summed E-state index contributed by atoms with van der Waals surface area (Å²) in [5.74, 6) is 0. The van der Waals surface area contributed by atoms with Crippen LogP contribution in [0.3, 0.4) is 0 Å². The third kappa shape index (κ3) is 3.36. The van der Waals surface area contributed by atoms with Crippen molar-refractivity contribution in [1.82, 2.24) is 4.67 Å². The molecule has 2 aromatic carbocycles. The second-order valence-corrected chi connectivity index (χ2v) is 6.87. The van der Waals surface area contributed by atoms with E-state index in [0.29, 0.717) is 0 Å². The van der Waals surface area contributed by atoms with E-state index in [0.717, 1.165) is 0 Å². The zero-order valence-corrected chi connectivity index (χ0v) is 12.6. The van der Waals surface area contributed by atoms with Crippen molar-refractivity contribution < 1.29 is 0 Å². The molecule has 0 N–H and O–H groups in total. The number of hydrogen-bond donors (Lipinski definition) is 0. The van der Waals surface area contributed by atoms with Gasteiger partial charge in [-0.2, -0.15) is 0 Å². The first-order chi connectivity index (χ1) is 8.95. The minimum atomic E-state index is -0.319. The van der Waals surface area contributed by atoms with E-state index in [1.165, 1.54) is 36.5 Å². The lowest BCUT2D eigenvalue weighted by Gasteiger charge is -2.28. The smallest absolute Gasteiger partial charge is 0.0281 e. The van der Waals surface area contributed by atoms with Crippen molar-refractivity contribution in [1.29, 1.82) is 0 Å². The maximum absolute atomic E-state index is 2.67. The molecule has 2 aromatic rings. The molecular formula is C16H19ClNP. The molecule has 1 heterocycles. The van der Waals surface area contributed by atoms with Crippen LogP contribution in [0.25, 0.3) is 0 Å². The van der Waals surface area contributed by atoms with E-state index in [2.05, 4.69) is 65.3 Å². The van der Waals surface area contributed by atoms with Gasteiger partial charge in [0, 0.05) is 21.2 Å². The SMILES string of the molecule is Cl.c1ccc(P(c2ccccc2)N2CCCC2)cc1. The summed E-state index contributed by atoms with van der Waals surface area (Å²) in [5, 5.41) is 2.95. The zero-order chi connectivity index (χ0) is 12.2. The Balaban J connectivity index is 0.00000133. The van der Waals surface area contributed by atoms with Crippen LogP contribution in [0.2, 0.25) is 0 Å². The van der Waals surface area contributed by atoms with Crippen molar-refractivity contribution in [2.75, 3.05) is 13.1 Å². The number of rotatable bonds is 3. The highest BCUT2D eigenvalue weighted by molar-refractivity contribution is 7.70. The summed E-state index contributed by atoms with van der Waals surface area (Å²) >= 11 is 0. The standard InChI is InChI=1S/C16H18NP.ClH/c1-3-9-15(10-4-1)18(17-13-7-8-14-17)16-11-5-2-6-12-16;/h1-6,9-12H,7-8,13-14H2;1H. The first-order valence-electron chi connectivity index (χ1n) is 6.60. The van der Waals surface area contributed by atoms with Gasteiger partial charge in [-0.1, -0.05) is 60.7 Å². The fraction of sp³-hybridized carbons (Fsp3) is 0.250. The van der Waals surface area contributed by atoms with E-state index in [4.69, 9.17) is 0 Å². The van der Waals surface area contributed by atoms with Gasteiger partial charge in [0.25, 0.3) is 0 Å². The number of benzene rings is 2. The summed E-state index contributed by atoms with van der Waals surface area (Å²) in [6.07, 6.45) is 2.69. The lowest BCUT2D eigenvalue weighted by molar-refractivity contribution is 0.575. The van der Waals surface area contributed by atoms with E-state index >= 15 is 0 Å². The molecule has 3 rings (SSSR count). The van der Waals surface area contributed by atoms with Gasteiger partial charge in [-0.05, 0) is 23.5 Å². The fourth-order valence-electron chi connectivity index (χ4n) is 2.51. The van der Waals surface area contributed by atoms with Crippen molar-refractivity contribution in [3.05, 3.63) is 60.7 Å². The Morgan fingerprint density at radius 2 is 1.11 bits per heavy atom. The summed E-state index contributed by atoms with van der Waals surface area (Å²) in [5.41, 5.74) is 0. The van der Waals surface area contributed by atoms with Gasteiger partial charge in [0.1, 0.15) is 0 Å².